The first-order valence-corrected chi connectivity index (χ1v) is 7.85. The van der Waals surface area contributed by atoms with Crippen molar-refractivity contribution in [3.05, 3.63) is 28.7 Å². The molecule has 2 rings (SSSR count). The summed E-state index contributed by atoms with van der Waals surface area (Å²) in [5.74, 6) is 0. The molecule has 1 aromatic carbocycles. The molecule has 0 radical (unpaired) electrons. The lowest BCUT2D eigenvalue weighted by molar-refractivity contribution is 0.148. The Morgan fingerprint density at radius 3 is 2.30 bits per heavy atom. The minimum absolute atomic E-state index is 0.273. The minimum atomic E-state index is -0.273. The molecule has 1 aliphatic carbocycles. The second-order valence-electron chi connectivity index (χ2n) is 5.83. The average molecular weight is 336 g/mol. The summed E-state index contributed by atoms with van der Waals surface area (Å²) in [6.45, 7) is 0. The van der Waals surface area contributed by atoms with Crippen LogP contribution in [0.4, 0.5) is 5.69 Å². The number of para-hydroxylation sites is 1. The fourth-order valence-corrected chi connectivity index (χ4v) is 3.63. The Morgan fingerprint density at radius 2 is 1.80 bits per heavy atom. The lowest BCUT2D eigenvalue weighted by Crippen LogP contribution is -2.49. The molecule has 0 aliphatic heterocycles. The van der Waals surface area contributed by atoms with Crippen LogP contribution in [0.15, 0.2) is 28.7 Å². The first-order chi connectivity index (χ1) is 9.50. The van der Waals surface area contributed by atoms with Crippen LogP contribution in [0.25, 0.3) is 0 Å². The quantitative estimate of drug-likeness (QED) is 0.844. The summed E-state index contributed by atoms with van der Waals surface area (Å²) in [6, 6.07) is 11.4. The largest absolute Gasteiger partial charge is 0.371 e. The molecule has 1 aliphatic rings. The summed E-state index contributed by atoms with van der Waals surface area (Å²) in [5, 5.41) is 9.49. The third-order valence-corrected chi connectivity index (χ3v) is 5.30. The maximum absolute atomic E-state index is 9.49. The highest BCUT2D eigenvalue weighted by Crippen LogP contribution is 2.36. The molecule has 1 saturated carbocycles. The Hall–Kier alpha value is -1.05. The highest BCUT2D eigenvalue weighted by Gasteiger charge is 2.38. The zero-order valence-corrected chi connectivity index (χ0v) is 14.0. The molecule has 1 aromatic rings. The smallest absolute Gasteiger partial charge is 0.108 e. The van der Waals surface area contributed by atoms with Crippen LogP contribution < -0.4 is 4.90 Å². The summed E-state index contributed by atoms with van der Waals surface area (Å²) in [5.41, 5.74) is 0.956. The number of nitriles is 1. The minimum Gasteiger partial charge on any atom is -0.371 e. The Morgan fingerprint density at radius 1 is 1.20 bits per heavy atom. The van der Waals surface area contributed by atoms with E-state index in [4.69, 9.17) is 0 Å². The zero-order valence-electron chi connectivity index (χ0n) is 12.4. The molecular weight excluding hydrogens is 314 g/mol. The van der Waals surface area contributed by atoms with Crippen molar-refractivity contribution < 1.29 is 0 Å². The molecule has 0 N–H and O–H groups in total. The van der Waals surface area contributed by atoms with Gasteiger partial charge in [-0.1, -0.05) is 12.1 Å². The summed E-state index contributed by atoms with van der Waals surface area (Å²) in [7, 11) is 6.18. The van der Waals surface area contributed by atoms with Crippen LogP contribution in [0.1, 0.15) is 25.7 Å². The second-order valence-corrected chi connectivity index (χ2v) is 6.69. The van der Waals surface area contributed by atoms with Gasteiger partial charge < -0.3 is 4.90 Å². The SMILES string of the molecule is CN(c1ccccc1Br)C1CCC(C#N)(N(C)C)CC1. The van der Waals surface area contributed by atoms with Crippen LogP contribution >= 0.6 is 15.9 Å². The van der Waals surface area contributed by atoms with Gasteiger partial charge in [0.2, 0.25) is 0 Å². The van der Waals surface area contributed by atoms with Crippen molar-refractivity contribution in [3.8, 4) is 6.07 Å². The number of anilines is 1. The van der Waals surface area contributed by atoms with Crippen molar-refractivity contribution in [1.29, 1.82) is 5.26 Å². The van der Waals surface area contributed by atoms with Crippen molar-refractivity contribution in [2.75, 3.05) is 26.0 Å². The number of hydrogen-bond donors (Lipinski definition) is 0. The van der Waals surface area contributed by atoms with Gasteiger partial charge in [0.05, 0.1) is 11.8 Å². The number of rotatable bonds is 3. The normalized spacial score (nSPS) is 26.3. The molecule has 4 heteroatoms. The highest BCUT2D eigenvalue weighted by atomic mass is 79.9. The Balaban J connectivity index is 2.08. The van der Waals surface area contributed by atoms with Crippen molar-refractivity contribution in [2.24, 2.45) is 0 Å². The van der Waals surface area contributed by atoms with E-state index in [9.17, 15) is 5.26 Å². The molecule has 0 amide bonds. The maximum atomic E-state index is 9.49. The molecule has 108 valence electrons. The monoisotopic (exact) mass is 335 g/mol. The van der Waals surface area contributed by atoms with Gasteiger partial charge in [-0.25, -0.2) is 0 Å². The van der Waals surface area contributed by atoms with Gasteiger partial charge >= 0.3 is 0 Å². The first kappa shape index (κ1) is 15.3. The van der Waals surface area contributed by atoms with Crippen LogP contribution in [0.3, 0.4) is 0 Å². The van der Waals surface area contributed by atoms with E-state index in [2.05, 4.69) is 57.0 Å². The second kappa shape index (κ2) is 6.15. The highest BCUT2D eigenvalue weighted by molar-refractivity contribution is 9.10. The van der Waals surface area contributed by atoms with E-state index in [0.29, 0.717) is 6.04 Å². The lowest BCUT2D eigenvalue weighted by Gasteiger charge is -2.43. The molecule has 1 fully saturated rings. The first-order valence-electron chi connectivity index (χ1n) is 7.06. The maximum Gasteiger partial charge on any atom is 0.108 e. The zero-order chi connectivity index (χ0) is 14.8. The van der Waals surface area contributed by atoms with Gasteiger partial charge in [0.25, 0.3) is 0 Å². The molecule has 0 saturated heterocycles. The molecule has 0 atom stereocenters. The summed E-state index contributed by atoms with van der Waals surface area (Å²) >= 11 is 3.62. The average Bonchev–Trinajstić information content (AvgIpc) is 2.47. The fraction of sp³-hybridized carbons (Fsp3) is 0.562. The summed E-state index contributed by atoms with van der Waals surface area (Å²) in [4.78, 5) is 4.43. The number of benzene rings is 1. The topological polar surface area (TPSA) is 30.3 Å². The standard InChI is InChI=1S/C16H22BrN3/c1-19(2)16(12-18)10-8-13(9-11-16)20(3)15-7-5-4-6-14(15)17/h4-7,13H,8-11H2,1-3H3. The van der Waals surface area contributed by atoms with Gasteiger partial charge in [-0.05, 0) is 67.8 Å². The predicted octanol–water partition coefficient (Wildman–Crippen LogP) is 3.65. The number of hydrogen-bond acceptors (Lipinski definition) is 3. The van der Waals surface area contributed by atoms with Crippen LogP contribution in [-0.2, 0) is 0 Å². The van der Waals surface area contributed by atoms with Crippen molar-refractivity contribution in [2.45, 2.75) is 37.3 Å². The van der Waals surface area contributed by atoms with E-state index < -0.39 is 0 Å². The Bertz CT molecular complexity index is 499. The summed E-state index contributed by atoms with van der Waals surface area (Å²) < 4.78 is 1.13. The van der Waals surface area contributed by atoms with Crippen molar-refractivity contribution in [3.63, 3.8) is 0 Å². The van der Waals surface area contributed by atoms with Gasteiger partial charge in [-0.15, -0.1) is 0 Å². The van der Waals surface area contributed by atoms with Crippen LogP contribution in [0.2, 0.25) is 0 Å². The molecule has 3 nitrogen and oxygen atoms in total. The van der Waals surface area contributed by atoms with E-state index in [0.717, 1.165) is 30.2 Å². The van der Waals surface area contributed by atoms with Gasteiger partial charge in [0.15, 0.2) is 0 Å². The van der Waals surface area contributed by atoms with Crippen LogP contribution in [0, 0.1) is 11.3 Å². The van der Waals surface area contributed by atoms with Gasteiger partial charge in [-0.2, -0.15) is 5.26 Å². The van der Waals surface area contributed by atoms with Crippen LogP contribution in [0.5, 0.6) is 0 Å². The molecule has 0 spiro atoms. The molecular formula is C16H22BrN3. The van der Waals surface area contributed by atoms with Crippen molar-refractivity contribution in [1.82, 2.24) is 4.90 Å². The number of halogens is 1. The summed E-state index contributed by atoms with van der Waals surface area (Å²) in [6.07, 6.45) is 4.00. The fourth-order valence-electron chi connectivity index (χ4n) is 3.06. The molecule has 0 unspecified atom stereocenters. The van der Waals surface area contributed by atoms with Crippen molar-refractivity contribution >= 4 is 21.6 Å². The van der Waals surface area contributed by atoms with Gasteiger partial charge in [0.1, 0.15) is 5.54 Å². The Labute approximate surface area is 130 Å². The molecule has 0 aromatic heterocycles. The third kappa shape index (κ3) is 2.84. The molecule has 0 bridgehead atoms. The lowest BCUT2D eigenvalue weighted by atomic mass is 9.79. The van der Waals surface area contributed by atoms with Gasteiger partial charge in [-0.3, -0.25) is 4.90 Å². The van der Waals surface area contributed by atoms with E-state index in [-0.39, 0.29) is 5.54 Å². The van der Waals surface area contributed by atoms with Gasteiger partial charge in [0, 0.05) is 17.6 Å². The molecule has 0 heterocycles. The van der Waals surface area contributed by atoms with E-state index in [1.54, 1.807) is 0 Å². The predicted molar refractivity (Wildman–Crippen MR) is 86.8 cm³/mol. The van der Waals surface area contributed by atoms with Crippen LogP contribution in [-0.4, -0.2) is 37.6 Å². The van der Waals surface area contributed by atoms with E-state index in [1.807, 2.05) is 20.2 Å². The van der Waals surface area contributed by atoms with E-state index in [1.165, 1.54) is 5.69 Å². The number of nitrogens with zero attached hydrogens (tertiary/aromatic N) is 3. The Kier molecular flexibility index (Phi) is 4.72. The molecule has 20 heavy (non-hydrogen) atoms. The van der Waals surface area contributed by atoms with E-state index >= 15 is 0 Å². The third-order valence-electron chi connectivity index (χ3n) is 4.63.